The van der Waals surface area contributed by atoms with Gasteiger partial charge >= 0.3 is 12.3 Å². The molecule has 0 N–H and O–H groups in total. The van der Waals surface area contributed by atoms with E-state index in [1.807, 2.05) is 0 Å². The van der Waals surface area contributed by atoms with Crippen molar-refractivity contribution in [2.45, 2.75) is 101 Å². The summed E-state index contributed by atoms with van der Waals surface area (Å²) in [6.07, 6.45) is -14.6. The van der Waals surface area contributed by atoms with Crippen LogP contribution in [0.5, 0.6) is 0 Å². The molecule has 0 aromatic rings. The van der Waals surface area contributed by atoms with E-state index in [9.17, 15) is 35.1 Å². The summed E-state index contributed by atoms with van der Waals surface area (Å²) in [5.74, 6) is -4.67. The highest BCUT2D eigenvalue weighted by atomic mass is 19.4. The molecule has 0 heterocycles. The van der Waals surface area contributed by atoms with Crippen molar-refractivity contribution < 1.29 is 39.9 Å². The van der Waals surface area contributed by atoms with E-state index >= 15 is 0 Å². The molecule has 0 bridgehead atoms. The molecule has 0 aromatic heterocycles. The molecule has 3 aliphatic rings. The Morgan fingerprint density at radius 1 is 0.621 bits per heavy atom. The Balaban J connectivity index is 1.59. The molecule has 0 radical (unpaired) electrons. The fourth-order valence-electron chi connectivity index (χ4n) is 5.46. The molecular weight excluding hydrogens is 408 g/mol. The van der Waals surface area contributed by atoms with Crippen molar-refractivity contribution in [3.63, 3.8) is 0 Å². The van der Waals surface area contributed by atoms with Gasteiger partial charge in [0.25, 0.3) is 0 Å². The number of rotatable bonds is 4. The van der Waals surface area contributed by atoms with Gasteiger partial charge in [-0.25, -0.2) is 13.2 Å². The number of hydrogen-bond acceptors (Lipinski definition) is 1. The van der Waals surface area contributed by atoms with Crippen LogP contribution in [0.15, 0.2) is 0 Å². The largest absolute Gasteiger partial charge is 0.394 e. The lowest BCUT2D eigenvalue weighted by atomic mass is 9.69. The standard InChI is InChI=1S/C20H28F8O/c21-15-10-13(6-7-14(15)19(24,25)26)29-20(27,28)18-16(22)8-12(9-17(18)23)11-4-2-1-3-5-11/h11-18H,1-10H2. The maximum Gasteiger partial charge on any atom is 0.394 e. The highest BCUT2D eigenvalue weighted by molar-refractivity contribution is 4.94. The van der Waals surface area contributed by atoms with Gasteiger partial charge in [0.15, 0.2) is 0 Å². The van der Waals surface area contributed by atoms with Crippen LogP contribution in [0.1, 0.15) is 64.2 Å². The van der Waals surface area contributed by atoms with Gasteiger partial charge in [-0.2, -0.15) is 22.0 Å². The Hall–Kier alpha value is -0.600. The van der Waals surface area contributed by atoms with Crippen molar-refractivity contribution in [3.05, 3.63) is 0 Å². The normalized spacial score (nSPS) is 40.8. The van der Waals surface area contributed by atoms with E-state index in [1.165, 1.54) is 0 Å². The maximum absolute atomic E-state index is 14.6. The van der Waals surface area contributed by atoms with Crippen molar-refractivity contribution >= 4 is 0 Å². The molecule has 170 valence electrons. The zero-order valence-electron chi connectivity index (χ0n) is 16.1. The van der Waals surface area contributed by atoms with E-state index in [0.29, 0.717) is 0 Å². The molecule has 0 aliphatic heterocycles. The molecule has 0 amide bonds. The van der Waals surface area contributed by atoms with Crippen molar-refractivity contribution in [3.8, 4) is 0 Å². The molecular formula is C20H28F8O. The van der Waals surface area contributed by atoms with Crippen LogP contribution in [0.3, 0.4) is 0 Å². The lowest BCUT2D eigenvalue weighted by Crippen LogP contribution is -2.51. The minimum atomic E-state index is -4.75. The summed E-state index contributed by atoms with van der Waals surface area (Å²) < 4.78 is 115. The molecule has 5 unspecified atom stereocenters. The fraction of sp³-hybridized carbons (Fsp3) is 1.00. The van der Waals surface area contributed by atoms with Crippen LogP contribution in [-0.2, 0) is 4.74 Å². The van der Waals surface area contributed by atoms with E-state index in [1.54, 1.807) is 0 Å². The first-order valence-electron chi connectivity index (χ1n) is 10.5. The van der Waals surface area contributed by atoms with Crippen LogP contribution in [0.25, 0.3) is 0 Å². The highest BCUT2D eigenvalue weighted by Gasteiger charge is 2.57. The molecule has 0 aromatic carbocycles. The van der Waals surface area contributed by atoms with Crippen molar-refractivity contribution in [1.82, 2.24) is 0 Å². The molecule has 5 atom stereocenters. The molecule has 29 heavy (non-hydrogen) atoms. The van der Waals surface area contributed by atoms with E-state index in [4.69, 9.17) is 0 Å². The monoisotopic (exact) mass is 436 g/mol. The molecule has 3 saturated carbocycles. The van der Waals surface area contributed by atoms with Gasteiger partial charge in [-0.05, 0) is 37.5 Å². The number of hydrogen-bond donors (Lipinski definition) is 0. The van der Waals surface area contributed by atoms with Crippen molar-refractivity contribution in [1.29, 1.82) is 0 Å². The molecule has 3 aliphatic carbocycles. The molecule has 1 nitrogen and oxygen atoms in total. The predicted octanol–water partition coefficient (Wildman–Crippen LogP) is 6.95. The highest BCUT2D eigenvalue weighted by Crippen LogP contribution is 2.49. The van der Waals surface area contributed by atoms with Crippen molar-refractivity contribution in [2.75, 3.05) is 0 Å². The van der Waals surface area contributed by atoms with E-state index in [-0.39, 0.29) is 24.7 Å². The third-order valence-electron chi connectivity index (χ3n) is 7.01. The maximum atomic E-state index is 14.6. The van der Waals surface area contributed by atoms with Crippen LogP contribution in [0.2, 0.25) is 0 Å². The van der Waals surface area contributed by atoms with Gasteiger partial charge in [-0.15, -0.1) is 0 Å². The van der Waals surface area contributed by atoms with E-state index < -0.39 is 68.0 Å². The summed E-state index contributed by atoms with van der Waals surface area (Å²) >= 11 is 0. The molecule has 3 rings (SSSR count). The molecule has 0 spiro atoms. The zero-order valence-corrected chi connectivity index (χ0v) is 16.1. The predicted molar refractivity (Wildman–Crippen MR) is 90.7 cm³/mol. The second-order valence-electron chi connectivity index (χ2n) is 8.97. The zero-order chi connectivity index (χ0) is 21.4. The lowest BCUT2D eigenvalue weighted by Gasteiger charge is -2.43. The van der Waals surface area contributed by atoms with Gasteiger partial charge in [0.2, 0.25) is 0 Å². The Bertz CT molecular complexity index is 521. The SMILES string of the molecule is FC1CC(OC(F)(F)C2C(F)CC(C3CCCCC3)CC2F)CCC1C(F)(F)F. The number of halogens is 8. The van der Waals surface area contributed by atoms with Gasteiger partial charge in [0.1, 0.15) is 24.4 Å². The summed E-state index contributed by atoms with van der Waals surface area (Å²) in [6.45, 7) is 0. The summed E-state index contributed by atoms with van der Waals surface area (Å²) in [6, 6.07) is 0. The van der Waals surface area contributed by atoms with Crippen LogP contribution in [0, 0.1) is 23.7 Å². The van der Waals surface area contributed by atoms with Crippen LogP contribution in [0.4, 0.5) is 35.1 Å². The average molecular weight is 436 g/mol. The molecule has 0 saturated heterocycles. The first kappa shape index (κ1) is 23.1. The summed E-state index contributed by atoms with van der Waals surface area (Å²) in [4.78, 5) is 0. The third-order valence-corrected chi connectivity index (χ3v) is 7.01. The summed E-state index contributed by atoms with van der Waals surface area (Å²) in [7, 11) is 0. The Morgan fingerprint density at radius 3 is 1.72 bits per heavy atom. The third kappa shape index (κ3) is 5.37. The van der Waals surface area contributed by atoms with Gasteiger partial charge in [0, 0.05) is 6.42 Å². The van der Waals surface area contributed by atoms with E-state index in [2.05, 4.69) is 4.74 Å². The first-order valence-corrected chi connectivity index (χ1v) is 10.5. The average Bonchev–Trinajstić information content (AvgIpc) is 2.60. The van der Waals surface area contributed by atoms with Gasteiger partial charge in [0.05, 0.1) is 12.0 Å². The molecule has 3 fully saturated rings. The number of ether oxygens (including phenoxy) is 1. The molecule has 9 heteroatoms. The lowest BCUT2D eigenvalue weighted by molar-refractivity contribution is -0.324. The van der Waals surface area contributed by atoms with Crippen LogP contribution >= 0.6 is 0 Å². The Kier molecular flexibility index (Phi) is 7.06. The quantitative estimate of drug-likeness (QED) is 0.434. The van der Waals surface area contributed by atoms with Gasteiger partial charge < -0.3 is 4.74 Å². The second kappa shape index (κ2) is 8.87. The minimum absolute atomic E-state index is 0.140. The smallest absolute Gasteiger partial charge is 0.317 e. The van der Waals surface area contributed by atoms with Crippen LogP contribution < -0.4 is 0 Å². The Labute approximate surface area is 165 Å². The minimum Gasteiger partial charge on any atom is -0.317 e. The first-order chi connectivity index (χ1) is 13.5. The summed E-state index contributed by atoms with van der Waals surface area (Å²) in [5.41, 5.74) is 0. The van der Waals surface area contributed by atoms with Crippen LogP contribution in [-0.4, -0.2) is 36.9 Å². The fourth-order valence-corrected chi connectivity index (χ4v) is 5.46. The second-order valence-corrected chi connectivity index (χ2v) is 8.97. The summed E-state index contributed by atoms with van der Waals surface area (Å²) in [5, 5.41) is 0. The van der Waals surface area contributed by atoms with Crippen molar-refractivity contribution in [2.24, 2.45) is 23.7 Å². The van der Waals surface area contributed by atoms with Gasteiger partial charge in [-0.3, -0.25) is 0 Å². The van der Waals surface area contributed by atoms with E-state index in [0.717, 1.165) is 32.1 Å². The number of alkyl halides is 8. The Morgan fingerprint density at radius 2 is 1.21 bits per heavy atom. The van der Waals surface area contributed by atoms with Gasteiger partial charge in [-0.1, -0.05) is 32.1 Å². The topological polar surface area (TPSA) is 9.23 Å².